The summed E-state index contributed by atoms with van der Waals surface area (Å²) in [6.45, 7) is 6.57. The lowest BCUT2D eigenvalue weighted by Gasteiger charge is -2.18. The van der Waals surface area contributed by atoms with Crippen molar-refractivity contribution in [2.24, 2.45) is 11.7 Å². The van der Waals surface area contributed by atoms with Crippen LogP contribution in [0.3, 0.4) is 0 Å². The molecule has 14 heavy (non-hydrogen) atoms. The van der Waals surface area contributed by atoms with Gasteiger partial charge in [-0.25, -0.2) is 0 Å². The Morgan fingerprint density at radius 3 is 2.50 bits per heavy atom. The predicted molar refractivity (Wildman–Crippen MR) is 56.7 cm³/mol. The first-order valence-electron chi connectivity index (χ1n) is 5.20. The first kappa shape index (κ1) is 13.4. The molecule has 2 atom stereocenters. The molecular weight excluding hydrogens is 180 g/mol. The van der Waals surface area contributed by atoms with Gasteiger partial charge in [0.05, 0.1) is 6.10 Å². The second kappa shape index (κ2) is 6.79. The van der Waals surface area contributed by atoms with Crippen LogP contribution in [-0.4, -0.2) is 29.7 Å². The zero-order valence-electron chi connectivity index (χ0n) is 9.29. The van der Waals surface area contributed by atoms with Crippen molar-refractivity contribution in [3.05, 3.63) is 0 Å². The van der Waals surface area contributed by atoms with Crippen LogP contribution in [0.5, 0.6) is 0 Å². The Kier molecular flexibility index (Phi) is 6.49. The number of rotatable bonds is 6. The minimum atomic E-state index is -0.798. The first-order valence-corrected chi connectivity index (χ1v) is 5.20. The molecule has 4 nitrogen and oxygen atoms in total. The summed E-state index contributed by atoms with van der Waals surface area (Å²) in [6, 6.07) is -0.798. The lowest BCUT2D eigenvalue weighted by atomic mass is 10.1. The molecule has 0 aliphatic heterocycles. The van der Waals surface area contributed by atoms with E-state index < -0.39 is 12.1 Å². The van der Waals surface area contributed by atoms with Crippen molar-refractivity contribution in [1.29, 1.82) is 0 Å². The molecule has 1 amide bonds. The summed E-state index contributed by atoms with van der Waals surface area (Å²) >= 11 is 0. The van der Waals surface area contributed by atoms with Gasteiger partial charge < -0.3 is 16.2 Å². The molecule has 0 fully saturated rings. The van der Waals surface area contributed by atoms with Crippen LogP contribution < -0.4 is 11.1 Å². The van der Waals surface area contributed by atoms with E-state index in [1.165, 1.54) is 0 Å². The summed E-state index contributed by atoms with van der Waals surface area (Å²) in [6.07, 6.45) is 0.662. The van der Waals surface area contributed by atoms with E-state index in [2.05, 4.69) is 5.32 Å². The van der Waals surface area contributed by atoms with Gasteiger partial charge in [0.15, 0.2) is 0 Å². The second-order valence-electron chi connectivity index (χ2n) is 4.02. The van der Waals surface area contributed by atoms with Crippen LogP contribution in [0.2, 0.25) is 0 Å². The fraction of sp³-hybridized carbons (Fsp3) is 0.900. The van der Waals surface area contributed by atoms with Gasteiger partial charge in [0.1, 0.15) is 6.04 Å². The Morgan fingerprint density at radius 1 is 1.50 bits per heavy atom. The van der Waals surface area contributed by atoms with Gasteiger partial charge in [-0.3, -0.25) is 4.79 Å². The molecule has 84 valence electrons. The van der Waals surface area contributed by atoms with Crippen molar-refractivity contribution in [3.63, 3.8) is 0 Å². The van der Waals surface area contributed by atoms with Gasteiger partial charge in [-0.05, 0) is 12.3 Å². The zero-order valence-corrected chi connectivity index (χ0v) is 9.29. The molecule has 0 bridgehead atoms. The van der Waals surface area contributed by atoms with Crippen molar-refractivity contribution < 1.29 is 9.90 Å². The Hall–Kier alpha value is -0.610. The van der Waals surface area contributed by atoms with Crippen LogP contribution in [0, 0.1) is 5.92 Å². The van der Waals surface area contributed by atoms with Gasteiger partial charge in [0.2, 0.25) is 5.91 Å². The molecule has 0 aromatic heterocycles. The highest BCUT2D eigenvalue weighted by Gasteiger charge is 2.21. The molecule has 0 radical (unpaired) electrons. The van der Waals surface area contributed by atoms with Crippen molar-refractivity contribution >= 4 is 5.91 Å². The zero-order chi connectivity index (χ0) is 11.1. The molecule has 0 saturated carbocycles. The average Bonchev–Trinajstić information content (AvgIpc) is 2.13. The molecular formula is C10H22N2O2. The lowest BCUT2D eigenvalue weighted by molar-refractivity contribution is -0.125. The van der Waals surface area contributed by atoms with Crippen LogP contribution in [-0.2, 0) is 4.79 Å². The van der Waals surface area contributed by atoms with E-state index in [-0.39, 0.29) is 5.91 Å². The summed E-state index contributed by atoms with van der Waals surface area (Å²) in [5.41, 5.74) is 5.57. The number of aliphatic hydroxyl groups excluding tert-OH is 1. The van der Waals surface area contributed by atoms with Crippen molar-refractivity contribution in [2.75, 3.05) is 6.54 Å². The number of hydrogen-bond donors (Lipinski definition) is 3. The maximum atomic E-state index is 11.4. The van der Waals surface area contributed by atoms with E-state index in [0.717, 1.165) is 6.42 Å². The van der Waals surface area contributed by atoms with E-state index >= 15 is 0 Å². The molecule has 0 aliphatic rings. The normalized spacial score (nSPS) is 15.3. The number of hydrogen-bond acceptors (Lipinski definition) is 3. The van der Waals surface area contributed by atoms with Gasteiger partial charge in [0.25, 0.3) is 0 Å². The van der Waals surface area contributed by atoms with E-state index in [4.69, 9.17) is 5.73 Å². The van der Waals surface area contributed by atoms with Gasteiger partial charge in [-0.2, -0.15) is 0 Å². The fourth-order valence-corrected chi connectivity index (χ4v) is 1.07. The van der Waals surface area contributed by atoms with E-state index in [1.807, 2.05) is 20.8 Å². The van der Waals surface area contributed by atoms with E-state index in [9.17, 15) is 9.90 Å². The van der Waals surface area contributed by atoms with Crippen molar-refractivity contribution in [1.82, 2.24) is 5.32 Å². The monoisotopic (exact) mass is 202 g/mol. The number of amides is 1. The lowest BCUT2D eigenvalue weighted by Crippen LogP contribution is -2.48. The maximum Gasteiger partial charge on any atom is 0.239 e. The molecule has 4 N–H and O–H groups in total. The fourth-order valence-electron chi connectivity index (χ4n) is 1.07. The quantitative estimate of drug-likeness (QED) is 0.578. The Morgan fingerprint density at radius 2 is 2.07 bits per heavy atom. The van der Waals surface area contributed by atoms with Crippen LogP contribution in [0.4, 0.5) is 0 Å². The van der Waals surface area contributed by atoms with Crippen LogP contribution in [0.25, 0.3) is 0 Å². The molecule has 0 aliphatic carbocycles. The number of carbonyl (C=O) groups is 1. The molecule has 0 saturated heterocycles. The first-order chi connectivity index (χ1) is 6.49. The second-order valence-corrected chi connectivity index (χ2v) is 4.02. The van der Waals surface area contributed by atoms with Crippen molar-refractivity contribution in [2.45, 2.75) is 45.8 Å². The van der Waals surface area contributed by atoms with E-state index in [1.54, 1.807) is 0 Å². The highest BCUT2D eigenvalue weighted by molar-refractivity contribution is 5.82. The van der Waals surface area contributed by atoms with Gasteiger partial charge in [-0.15, -0.1) is 0 Å². The van der Waals surface area contributed by atoms with Gasteiger partial charge in [-0.1, -0.05) is 27.2 Å². The third-order valence-corrected chi connectivity index (χ3v) is 1.99. The Balaban J connectivity index is 3.86. The Bertz CT molecular complexity index is 172. The molecule has 0 heterocycles. The number of aliphatic hydroxyl groups is 1. The Labute approximate surface area is 85.9 Å². The minimum Gasteiger partial charge on any atom is -0.391 e. The molecule has 0 unspecified atom stereocenters. The standard InChI is InChI=1S/C10H22N2O2/c1-4-5-8(13)9(11)10(14)12-6-7(2)3/h7-9,13H,4-6,11H2,1-3H3,(H,12,14)/t8-,9+/m1/s1. The number of nitrogens with two attached hydrogens (primary N) is 1. The molecule has 0 aromatic rings. The van der Waals surface area contributed by atoms with Crippen LogP contribution in [0.15, 0.2) is 0 Å². The summed E-state index contributed by atoms with van der Waals surface area (Å²) in [7, 11) is 0. The predicted octanol–water partition coefficient (Wildman–Crippen LogP) is 0.247. The largest absolute Gasteiger partial charge is 0.391 e. The molecule has 4 heteroatoms. The smallest absolute Gasteiger partial charge is 0.239 e. The number of carbonyl (C=O) groups excluding carboxylic acids is 1. The third kappa shape index (κ3) is 5.19. The maximum absolute atomic E-state index is 11.4. The van der Waals surface area contributed by atoms with Gasteiger partial charge in [0, 0.05) is 6.54 Å². The molecule has 0 aromatic carbocycles. The van der Waals surface area contributed by atoms with Crippen LogP contribution >= 0.6 is 0 Å². The van der Waals surface area contributed by atoms with Crippen LogP contribution in [0.1, 0.15) is 33.6 Å². The van der Waals surface area contributed by atoms with Gasteiger partial charge >= 0.3 is 0 Å². The van der Waals surface area contributed by atoms with Crippen molar-refractivity contribution in [3.8, 4) is 0 Å². The third-order valence-electron chi connectivity index (χ3n) is 1.99. The summed E-state index contributed by atoms with van der Waals surface area (Å²) in [5, 5.41) is 12.2. The highest BCUT2D eigenvalue weighted by atomic mass is 16.3. The number of nitrogens with one attached hydrogen (secondary N) is 1. The summed E-state index contributed by atoms with van der Waals surface area (Å²) < 4.78 is 0. The molecule has 0 rings (SSSR count). The summed E-state index contributed by atoms with van der Waals surface area (Å²) in [4.78, 5) is 11.4. The molecule has 0 spiro atoms. The average molecular weight is 202 g/mol. The topological polar surface area (TPSA) is 75.3 Å². The summed E-state index contributed by atoms with van der Waals surface area (Å²) in [5.74, 6) is 0.133. The SMILES string of the molecule is CCC[C@@H](O)[C@H](N)C(=O)NCC(C)C. The highest BCUT2D eigenvalue weighted by Crippen LogP contribution is 2.00. The minimum absolute atomic E-state index is 0.264. The van der Waals surface area contributed by atoms with E-state index in [0.29, 0.717) is 18.9 Å².